The van der Waals surface area contributed by atoms with E-state index in [0.717, 1.165) is 23.8 Å². The summed E-state index contributed by atoms with van der Waals surface area (Å²) in [4.78, 5) is 6.92. The summed E-state index contributed by atoms with van der Waals surface area (Å²) in [6, 6.07) is 12.1. The Morgan fingerprint density at radius 2 is 1.53 bits per heavy atom. The second kappa shape index (κ2) is 12.7. The normalized spacial score (nSPS) is 12.3. The molecule has 2 rings (SSSR count). The summed E-state index contributed by atoms with van der Waals surface area (Å²) in [6.45, 7) is 3.96. The van der Waals surface area contributed by atoms with Gasteiger partial charge in [0.1, 0.15) is 5.75 Å². The lowest BCUT2D eigenvalue weighted by Gasteiger charge is -2.26. The minimum atomic E-state index is 0.172. The Kier molecular flexibility index (Phi) is 9.94. The van der Waals surface area contributed by atoms with Crippen LogP contribution in [0.1, 0.15) is 24.1 Å². The van der Waals surface area contributed by atoms with Gasteiger partial charge < -0.3 is 34.5 Å². The molecule has 0 saturated heterocycles. The zero-order chi connectivity index (χ0) is 23.5. The van der Waals surface area contributed by atoms with Gasteiger partial charge in [0.15, 0.2) is 17.5 Å². The van der Waals surface area contributed by atoms with Gasteiger partial charge in [0.25, 0.3) is 0 Å². The summed E-state index contributed by atoms with van der Waals surface area (Å²) in [5.41, 5.74) is 2.15. The molecule has 0 radical (unpaired) electrons. The minimum Gasteiger partial charge on any atom is -0.497 e. The molecule has 8 nitrogen and oxygen atoms in total. The van der Waals surface area contributed by atoms with Crippen LogP contribution < -0.4 is 29.6 Å². The number of nitrogens with zero attached hydrogens (tertiary/aromatic N) is 2. The van der Waals surface area contributed by atoms with E-state index in [4.69, 9.17) is 23.9 Å². The van der Waals surface area contributed by atoms with Gasteiger partial charge in [-0.05, 0) is 56.4 Å². The number of methoxy groups -OCH3 is 4. The second-order valence-electron chi connectivity index (χ2n) is 7.36. The third kappa shape index (κ3) is 6.68. The molecular formula is C24H36N4O4. The van der Waals surface area contributed by atoms with Gasteiger partial charge in [-0.2, -0.15) is 0 Å². The summed E-state index contributed by atoms with van der Waals surface area (Å²) in [5.74, 6) is 3.38. The Bertz CT molecular complexity index is 844. The number of aliphatic imine (C=N–C) groups is 1. The maximum Gasteiger partial charge on any atom is 0.203 e. The van der Waals surface area contributed by atoms with Crippen molar-refractivity contribution in [2.45, 2.75) is 19.5 Å². The molecule has 0 amide bonds. The molecule has 2 aromatic carbocycles. The molecule has 0 bridgehead atoms. The van der Waals surface area contributed by atoms with Gasteiger partial charge in [0.2, 0.25) is 5.75 Å². The van der Waals surface area contributed by atoms with Gasteiger partial charge in [0, 0.05) is 13.1 Å². The van der Waals surface area contributed by atoms with Gasteiger partial charge in [-0.1, -0.05) is 12.1 Å². The van der Waals surface area contributed by atoms with Crippen LogP contribution in [0.4, 0.5) is 0 Å². The van der Waals surface area contributed by atoms with Crippen LogP contribution in [0.3, 0.4) is 0 Å². The maximum atomic E-state index is 5.45. The molecule has 0 heterocycles. The summed E-state index contributed by atoms with van der Waals surface area (Å²) in [7, 11) is 10.6. The Labute approximate surface area is 191 Å². The van der Waals surface area contributed by atoms with Crippen LogP contribution in [0.25, 0.3) is 0 Å². The van der Waals surface area contributed by atoms with Crippen LogP contribution in [-0.4, -0.2) is 66.5 Å². The van der Waals surface area contributed by atoms with Crippen molar-refractivity contribution in [2.24, 2.45) is 4.99 Å². The zero-order valence-electron chi connectivity index (χ0n) is 20.2. The van der Waals surface area contributed by atoms with E-state index in [0.29, 0.717) is 30.3 Å². The Morgan fingerprint density at radius 1 is 0.906 bits per heavy atom. The van der Waals surface area contributed by atoms with E-state index in [1.807, 2.05) is 31.2 Å². The van der Waals surface area contributed by atoms with Gasteiger partial charge in [-0.3, -0.25) is 0 Å². The van der Waals surface area contributed by atoms with Crippen molar-refractivity contribution < 1.29 is 18.9 Å². The van der Waals surface area contributed by atoms with Crippen LogP contribution in [0.15, 0.2) is 41.4 Å². The molecule has 176 valence electrons. The SMILES string of the molecule is CCNC(=NCc1cc(OC)c(OC)c(OC)c1)NCC(c1ccc(OC)cc1)N(C)C. The molecule has 0 aliphatic rings. The van der Waals surface area contributed by atoms with Crippen LogP contribution in [0.5, 0.6) is 23.0 Å². The van der Waals surface area contributed by atoms with E-state index in [2.05, 4.69) is 41.8 Å². The van der Waals surface area contributed by atoms with E-state index in [1.165, 1.54) is 5.56 Å². The molecule has 2 aromatic rings. The monoisotopic (exact) mass is 444 g/mol. The van der Waals surface area contributed by atoms with Crippen molar-refractivity contribution in [3.63, 3.8) is 0 Å². The van der Waals surface area contributed by atoms with Crippen LogP contribution in [0, 0.1) is 0 Å². The molecule has 0 fully saturated rings. The molecule has 8 heteroatoms. The molecule has 32 heavy (non-hydrogen) atoms. The molecule has 0 aromatic heterocycles. The van der Waals surface area contributed by atoms with Gasteiger partial charge in [-0.15, -0.1) is 0 Å². The summed E-state index contributed by atoms with van der Waals surface area (Å²) in [5, 5.41) is 6.77. The van der Waals surface area contributed by atoms with Crippen LogP contribution >= 0.6 is 0 Å². The zero-order valence-corrected chi connectivity index (χ0v) is 20.2. The van der Waals surface area contributed by atoms with E-state index in [1.54, 1.807) is 28.4 Å². The Morgan fingerprint density at radius 3 is 2.00 bits per heavy atom. The molecule has 0 aliphatic heterocycles. The summed E-state index contributed by atoms with van der Waals surface area (Å²) >= 11 is 0. The van der Waals surface area contributed by atoms with E-state index in [-0.39, 0.29) is 6.04 Å². The molecular weight excluding hydrogens is 408 g/mol. The highest BCUT2D eigenvalue weighted by Crippen LogP contribution is 2.38. The quantitative estimate of drug-likeness (QED) is 0.407. The first kappa shape index (κ1) is 25.1. The van der Waals surface area contributed by atoms with Gasteiger partial charge in [-0.25, -0.2) is 4.99 Å². The maximum absolute atomic E-state index is 5.45. The van der Waals surface area contributed by atoms with Crippen molar-refractivity contribution in [3.05, 3.63) is 47.5 Å². The van der Waals surface area contributed by atoms with Crippen molar-refractivity contribution >= 4 is 5.96 Å². The fourth-order valence-electron chi connectivity index (χ4n) is 3.36. The van der Waals surface area contributed by atoms with Crippen molar-refractivity contribution in [1.82, 2.24) is 15.5 Å². The average molecular weight is 445 g/mol. The average Bonchev–Trinajstić information content (AvgIpc) is 2.81. The summed E-state index contributed by atoms with van der Waals surface area (Å²) in [6.07, 6.45) is 0. The first-order valence-corrected chi connectivity index (χ1v) is 10.6. The van der Waals surface area contributed by atoms with E-state index < -0.39 is 0 Å². The fourth-order valence-corrected chi connectivity index (χ4v) is 3.36. The number of hydrogen-bond donors (Lipinski definition) is 2. The number of guanidine groups is 1. The molecule has 0 aliphatic carbocycles. The minimum absolute atomic E-state index is 0.172. The number of rotatable bonds is 11. The Hall–Kier alpha value is -3.13. The highest BCUT2D eigenvalue weighted by Gasteiger charge is 2.16. The third-order valence-corrected chi connectivity index (χ3v) is 5.08. The fraction of sp³-hybridized carbons (Fsp3) is 0.458. The van der Waals surface area contributed by atoms with Crippen molar-refractivity contribution in [3.8, 4) is 23.0 Å². The highest BCUT2D eigenvalue weighted by molar-refractivity contribution is 5.79. The standard InChI is InChI=1S/C24H36N4O4/c1-8-25-24(26-15-17-13-21(30-5)23(32-7)22(14-17)31-6)27-16-20(28(2)3)18-9-11-19(29-4)12-10-18/h9-14,20H,8,15-16H2,1-7H3,(H2,25,26,27). The molecule has 1 atom stereocenters. The van der Waals surface area contributed by atoms with Crippen LogP contribution in [0.2, 0.25) is 0 Å². The first-order valence-electron chi connectivity index (χ1n) is 10.6. The second-order valence-corrected chi connectivity index (χ2v) is 7.36. The number of hydrogen-bond acceptors (Lipinski definition) is 6. The van der Waals surface area contributed by atoms with Gasteiger partial charge >= 0.3 is 0 Å². The van der Waals surface area contributed by atoms with E-state index in [9.17, 15) is 0 Å². The predicted molar refractivity (Wildman–Crippen MR) is 128 cm³/mol. The predicted octanol–water partition coefficient (Wildman–Crippen LogP) is 3.08. The lowest BCUT2D eigenvalue weighted by atomic mass is 10.1. The molecule has 0 saturated carbocycles. The van der Waals surface area contributed by atoms with Gasteiger partial charge in [0.05, 0.1) is 41.0 Å². The topological polar surface area (TPSA) is 76.6 Å². The highest BCUT2D eigenvalue weighted by atomic mass is 16.5. The molecule has 2 N–H and O–H groups in total. The van der Waals surface area contributed by atoms with E-state index >= 15 is 0 Å². The summed E-state index contributed by atoms with van der Waals surface area (Å²) < 4.78 is 21.6. The smallest absolute Gasteiger partial charge is 0.203 e. The third-order valence-electron chi connectivity index (χ3n) is 5.08. The molecule has 0 spiro atoms. The first-order chi connectivity index (χ1) is 15.5. The van der Waals surface area contributed by atoms with Crippen LogP contribution in [-0.2, 0) is 6.54 Å². The van der Waals surface area contributed by atoms with Crippen molar-refractivity contribution in [1.29, 1.82) is 0 Å². The number of likely N-dealkylation sites (N-methyl/N-ethyl adjacent to an activating group) is 1. The number of benzene rings is 2. The number of ether oxygens (including phenoxy) is 4. The number of nitrogens with one attached hydrogen (secondary N) is 2. The Balaban J connectivity index is 2.16. The van der Waals surface area contributed by atoms with Crippen molar-refractivity contribution in [2.75, 3.05) is 55.6 Å². The lowest BCUT2D eigenvalue weighted by Crippen LogP contribution is -2.41. The largest absolute Gasteiger partial charge is 0.497 e. The molecule has 1 unspecified atom stereocenters. The lowest BCUT2D eigenvalue weighted by molar-refractivity contribution is 0.298.